The predicted molar refractivity (Wildman–Crippen MR) is 86.1 cm³/mol. The van der Waals surface area contributed by atoms with Crippen LogP contribution in [0.2, 0.25) is 5.02 Å². The van der Waals surface area contributed by atoms with Gasteiger partial charge in [-0.3, -0.25) is 0 Å². The molecule has 0 saturated carbocycles. The number of benzene rings is 1. The molecule has 4 nitrogen and oxygen atoms in total. The Bertz CT molecular complexity index is 779. The fourth-order valence-electron chi connectivity index (χ4n) is 2.21. The molecule has 106 valence electrons. The Balaban J connectivity index is 2.01. The van der Waals surface area contributed by atoms with Crippen LogP contribution in [0, 0.1) is 6.92 Å². The Kier molecular flexibility index (Phi) is 3.62. The number of aromatic nitrogens is 3. The molecule has 0 saturated heterocycles. The Morgan fingerprint density at radius 3 is 2.81 bits per heavy atom. The average molecular weight is 299 g/mol. The minimum Gasteiger partial charge on any atom is -0.373 e. The van der Waals surface area contributed by atoms with Crippen molar-refractivity contribution in [2.45, 2.75) is 6.92 Å². The molecule has 0 aliphatic carbocycles. The lowest BCUT2D eigenvalue weighted by atomic mass is 10.2. The number of nitrogens with one attached hydrogen (secondary N) is 1. The summed E-state index contributed by atoms with van der Waals surface area (Å²) in [5, 5.41) is 3.74. The Labute approximate surface area is 128 Å². The average Bonchev–Trinajstić information content (AvgIpc) is 2.99. The smallest absolute Gasteiger partial charge is 0.129 e. The van der Waals surface area contributed by atoms with Crippen LogP contribution in [-0.4, -0.2) is 21.6 Å². The molecule has 3 aromatic rings. The number of halogens is 1. The maximum absolute atomic E-state index is 6.09. The normalized spacial score (nSPS) is 10.6. The van der Waals surface area contributed by atoms with Gasteiger partial charge in [0.15, 0.2) is 0 Å². The molecule has 0 aliphatic heterocycles. The molecule has 0 aliphatic rings. The van der Waals surface area contributed by atoms with Crippen molar-refractivity contribution in [3.63, 3.8) is 0 Å². The second-order valence-corrected chi connectivity index (χ2v) is 5.21. The minimum atomic E-state index is 0.727. The van der Waals surface area contributed by atoms with Crippen LogP contribution in [0.5, 0.6) is 0 Å². The lowest BCUT2D eigenvalue weighted by Crippen LogP contribution is -1.94. The highest BCUT2D eigenvalue weighted by molar-refractivity contribution is 6.30. The molecule has 0 bridgehead atoms. The molecule has 0 spiro atoms. The van der Waals surface area contributed by atoms with E-state index in [4.69, 9.17) is 11.6 Å². The van der Waals surface area contributed by atoms with Crippen LogP contribution in [0.25, 0.3) is 16.9 Å². The Morgan fingerprint density at radius 1 is 1.14 bits per heavy atom. The van der Waals surface area contributed by atoms with E-state index < -0.39 is 0 Å². The van der Waals surface area contributed by atoms with Gasteiger partial charge in [-0.2, -0.15) is 0 Å². The summed E-state index contributed by atoms with van der Waals surface area (Å²) in [7, 11) is 1.84. The first kappa shape index (κ1) is 13.6. The third-order valence-electron chi connectivity index (χ3n) is 3.36. The fraction of sp³-hybridized carbons (Fsp3) is 0.125. The summed E-state index contributed by atoms with van der Waals surface area (Å²) in [4.78, 5) is 8.44. The highest BCUT2D eigenvalue weighted by atomic mass is 35.5. The summed E-state index contributed by atoms with van der Waals surface area (Å²) < 4.78 is 2.05. The van der Waals surface area contributed by atoms with E-state index in [1.807, 2.05) is 49.8 Å². The second kappa shape index (κ2) is 5.58. The largest absolute Gasteiger partial charge is 0.373 e. The van der Waals surface area contributed by atoms with Gasteiger partial charge in [-0.15, -0.1) is 0 Å². The van der Waals surface area contributed by atoms with E-state index in [-0.39, 0.29) is 0 Å². The summed E-state index contributed by atoms with van der Waals surface area (Å²) >= 11 is 6.09. The van der Waals surface area contributed by atoms with Gasteiger partial charge in [-0.1, -0.05) is 17.7 Å². The highest BCUT2D eigenvalue weighted by Gasteiger charge is 2.06. The lowest BCUT2D eigenvalue weighted by molar-refractivity contribution is 1.06. The van der Waals surface area contributed by atoms with Crippen LogP contribution < -0.4 is 5.32 Å². The van der Waals surface area contributed by atoms with Gasteiger partial charge < -0.3 is 9.88 Å². The number of hydrogen-bond donors (Lipinski definition) is 1. The monoisotopic (exact) mass is 298 g/mol. The molecule has 1 N–H and O–H groups in total. The zero-order valence-electron chi connectivity index (χ0n) is 11.8. The molecular formula is C16H15ClN4. The van der Waals surface area contributed by atoms with Crippen molar-refractivity contribution < 1.29 is 0 Å². The van der Waals surface area contributed by atoms with E-state index >= 15 is 0 Å². The molecule has 5 heteroatoms. The molecule has 0 atom stereocenters. The minimum absolute atomic E-state index is 0.727. The van der Waals surface area contributed by atoms with Gasteiger partial charge in [0, 0.05) is 41.8 Å². The van der Waals surface area contributed by atoms with Crippen molar-refractivity contribution in [2.24, 2.45) is 0 Å². The van der Waals surface area contributed by atoms with E-state index in [1.54, 1.807) is 6.33 Å². The van der Waals surface area contributed by atoms with Gasteiger partial charge in [-0.05, 0) is 30.7 Å². The first-order valence-electron chi connectivity index (χ1n) is 6.62. The fourth-order valence-corrected chi connectivity index (χ4v) is 2.38. The van der Waals surface area contributed by atoms with Gasteiger partial charge in [0.1, 0.15) is 12.1 Å². The summed E-state index contributed by atoms with van der Waals surface area (Å²) in [5.74, 6) is 0.798. The first-order chi connectivity index (χ1) is 10.2. The van der Waals surface area contributed by atoms with Gasteiger partial charge in [-0.25, -0.2) is 9.97 Å². The number of aryl methyl sites for hydroxylation is 1. The SMILES string of the molecule is CNc1cc(-c2ccn(-c3cc(Cl)ccc3C)c2)ncn1. The van der Waals surface area contributed by atoms with Crippen LogP contribution in [0.1, 0.15) is 5.56 Å². The van der Waals surface area contributed by atoms with Gasteiger partial charge in [0.25, 0.3) is 0 Å². The zero-order valence-corrected chi connectivity index (χ0v) is 12.6. The summed E-state index contributed by atoms with van der Waals surface area (Å²) in [6.07, 6.45) is 5.61. The quantitative estimate of drug-likeness (QED) is 0.796. The molecule has 0 amide bonds. The number of hydrogen-bond acceptors (Lipinski definition) is 3. The molecule has 2 heterocycles. The molecule has 0 fully saturated rings. The molecule has 21 heavy (non-hydrogen) atoms. The molecule has 0 unspecified atom stereocenters. The molecular weight excluding hydrogens is 284 g/mol. The van der Waals surface area contributed by atoms with E-state index in [9.17, 15) is 0 Å². The highest BCUT2D eigenvalue weighted by Crippen LogP contribution is 2.24. The first-order valence-corrected chi connectivity index (χ1v) is 7.00. The number of rotatable bonds is 3. The third-order valence-corrected chi connectivity index (χ3v) is 3.60. The zero-order chi connectivity index (χ0) is 14.8. The topological polar surface area (TPSA) is 42.7 Å². The standard InChI is InChI=1S/C16H15ClN4/c1-11-3-4-13(17)7-15(11)21-6-5-12(9-21)14-8-16(18-2)20-10-19-14/h3-10H,1-2H3,(H,18,19,20). The Morgan fingerprint density at radius 2 is 2.00 bits per heavy atom. The van der Waals surface area contributed by atoms with E-state index in [0.29, 0.717) is 0 Å². The number of nitrogens with zero attached hydrogens (tertiary/aromatic N) is 3. The van der Waals surface area contributed by atoms with Crippen molar-refractivity contribution in [3.05, 3.63) is 59.6 Å². The van der Waals surface area contributed by atoms with E-state index in [0.717, 1.165) is 27.8 Å². The van der Waals surface area contributed by atoms with Crippen LogP contribution in [-0.2, 0) is 0 Å². The lowest BCUT2D eigenvalue weighted by Gasteiger charge is -2.07. The van der Waals surface area contributed by atoms with Crippen LogP contribution in [0.4, 0.5) is 5.82 Å². The number of anilines is 1. The second-order valence-electron chi connectivity index (χ2n) is 4.78. The van der Waals surface area contributed by atoms with Crippen molar-refractivity contribution >= 4 is 17.4 Å². The van der Waals surface area contributed by atoms with Crippen molar-refractivity contribution in [2.75, 3.05) is 12.4 Å². The molecule has 1 aromatic carbocycles. The molecule has 0 radical (unpaired) electrons. The summed E-state index contributed by atoms with van der Waals surface area (Å²) in [6, 6.07) is 9.82. The maximum Gasteiger partial charge on any atom is 0.129 e. The van der Waals surface area contributed by atoms with E-state index in [1.165, 1.54) is 5.56 Å². The predicted octanol–water partition coefficient (Wildman–Crippen LogP) is 3.94. The third kappa shape index (κ3) is 2.76. The van der Waals surface area contributed by atoms with Crippen molar-refractivity contribution in [1.29, 1.82) is 0 Å². The van der Waals surface area contributed by atoms with E-state index in [2.05, 4.69) is 26.8 Å². The van der Waals surface area contributed by atoms with Crippen LogP contribution >= 0.6 is 11.6 Å². The maximum atomic E-state index is 6.09. The summed E-state index contributed by atoms with van der Waals surface area (Å²) in [5.41, 5.74) is 4.15. The van der Waals surface area contributed by atoms with Gasteiger partial charge in [0.2, 0.25) is 0 Å². The molecule has 2 aromatic heterocycles. The van der Waals surface area contributed by atoms with Crippen molar-refractivity contribution in [3.8, 4) is 16.9 Å². The van der Waals surface area contributed by atoms with Crippen LogP contribution in [0.3, 0.4) is 0 Å². The molecule has 3 rings (SSSR count). The Hall–Kier alpha value is -2.33. The van der Waals surface area contributed by atoms with Gasteiger partial charge in [0.05, 0.1) is 5.69 Å². The summed E-state index contributed by atoms with van der Waals surface area (Å²) in [6.45, 7) is 2.06. The van der Waals surface area contributed by atoms with Crippen LogP contribution in [0.15, 0.2) is 49.1 Å². The van der Waals surface area contributed by atoms with Crippen molar-refractivity contribution in [1.82, 2.24) is 14.5 Å². The van der Waals surface area contributed by atoms with Gasteiger partial charge >= 0.3 is 0 Å².